The van der Waals surface area contributed by atoms with Crippen LogP contribution in [0.15, 0.2) is 0 Å². The summed E-state index contributed by atoms with van der Waals surface area (Å²) in [4.78, 5) is 2.20. The average Bonchev–Trinajstić information content (AvgIpc) is 1.69. The maximum absolute atomic E-state index is 3.22. The first kappa shape index (κ1) is 5.06. The van der Waals surface area contributed by atoms with Crippen LogP contribution in [0.4, 0.5) is 0 Å². The molecule has 2 heteroatoms. The lowest BCUT2D eigenvalue weighted by Gasteiger charge is -2.21. The zero-order chi connectivity index (χ0) is 5.11. The van der Waals surface area contributed by atoms with Crippen LogP contribution in [0.5, 0.6) is 0 Å². The molecule has 0 saturated carbocycles. The summed E-state index contributed by atoms with van der Waals surface area (Å²) in [6, 6.07) is 0. The number of nitrogens with one attached hydrogen (secondary N) is 1. The Labute approximate surface area is 44.5 Å². The van der Waals surface area contributed by atoms with Crippen LogP contribution in [-0.4, -0.2) is 31.6 Å². The Morgan fingerprint density at radius 2 is 2.57 bits per heavy atom. The molecule has 1 aliphatic rings. The summed E-state index contributed by atoms with van der Waals surface area (Å²) in [5.41, 5.74) is 0. The maximum atomic E-state index is 3.22. The van der Waals surface area contributed by atoms with Crippen molar-refractivity contribution in [2.75, 3.05) is 26.7 Å². The lowest BCUT2D eigenvalue weighted by atomic mass is 10.4. The molecule has 1 fully saturated rings. The number of likely N-dealkylation sites (N-methyl/N-ethyl adjacent to an activating group) is 1. The van der Waals surface area contributed by atoms with Crippen LogP contribution in [0, 0.1) is 6.54 Å². The van der Waals surface area contributed by atoms with Gasteiger partial charge in [0.25, 0.3) is 0 Å². The Bertz CT molecular complexity index is 48.0. The standard InChI is InChI=1S/C5H11N2/c1-7-4-2-6-3-5-7/h4,6H,2-3,5H2,1H3. The van der Waals surface area contributed by atoms with Gasteiger partial charge in [-0.1, -0.05) is 0 Å². The Morgan fingerprint density at radius 1 is 1.71 bits per heavy atom. The summed E-state index contributed by atoms with van der Waals surface area (Å²) < 4.78 is 0. The van der Waals surface area contributed by atoms with Gasteiger partial charge in [0.05, 0.1) is 0 Å². The molecule has 0 bridgehead atoms. The SMILES string of the molecule is CN1[CH]CNCC1. The van der Waals surface area contributed by atoms with Crippen LogP contribution in [0.1, 0.15) is 0 Å². The molecule has 1 N–H and O–H groups in total. The van der Waals surface area contributed by atoms with Crippen LogP contribution < -0.4 is 5.32 Å². The molecule has 0 atom stereocenters. The van der Waals surface area contributed by atoms with Crippen molar-refractivity contribution in [3.63, 3.8) is 0 Å². The highest BCUT2D eigenvalue weighted by Gasteiger charge is 2.01. The Hall–Kier alpha value is -0.0800. The number of hydrogen-bond acceptors (Lipinski definition) is 2. The summed E-state index contributed by atoms with van der Waals surface area (Å²) in [5, 5.41) is 3.22. The van der Waals surface area contributed by atoms with Gasteiger partial charge in [0, 0.05) is 26.2 Å². The van der Waals surface area contributed by atoms with Crippen molar-refractivity contribution in [2.45, 2.75) is 0 Å². The van der Waals surface area contributed by atoms with Gasteiger partial charge in [-0.05, 0) is 7.05 Å². The minimum absolute atomic E-state index is 1.04. The van der Waals surface area contributed by atoms with Gasteiger partial charge in [-0.15, -0.1) is 0 Å². The molecule has 1 saturated heterocycles. The lowest BCUT2D eigenvalue weighted by molar-refractivity contribution is 0.349. The van der Waals surface area contributed by atoms with E-state index in [4.69, 9.17) is 0 Å². The van der Waals surface area contributed by atoms with E-state index in [1.165, 1.54) is 0 Å². The van der Waals surface area contributed by atoms with Crippen LogP contribution >= 0.6 is 0 Å². The van der Waals surface area contributed by atoms with Crippen LogP contribution in [0.25, 0.3) is 0 Å². The molecule has 1 aliphatic heterocycles. The molecule has 1 radical (unpaired) electrons. The van der Waals surface area contributed by atoms with Crippen molar-refractivity contribution in [1.29, 1.82) is 0 Å². The summed E-state index contributed by atoms with van der Waals surface area (Å²) in [6.07, 6.45) is 0. The van der Waals surface area contributed by atoms with E-state index in [2.05, 4.69) is 23.8 Å². The van der Waals surface area contributed by atoms with Crippen molar-refractivity contribution in [3.05, 3.63) is 6.54 Å². The summed E-state index contributed by atoms with van der Waals surface area (Å²) in [7, 11) is 2.10. The lowest BCUT2D eigenvalue weighted by Crippen LogP contribution is -2.37. The fraction of sp³-hybridized carbons (Fsp3) is 0.800. The molecule has 0 aromatic rings. The molecule has 0 spiro atoms. The number of piperazine rings is 1. The highest BCUT2D eigenvalue weighted by Crippen LogP contribution is 1.88. The van der Waals surface area contributed by atoms with Gasteiger partial charge in [-0.3, -0.25) is 4.90 Å². The van der Waals surface area contributed by atoms with Gasteiger partial charge in [-0.2, -0.15) is 0 Å². The van der Waals surface area contributed by atoms with Gasteiger partial charge in [-0.25, -0.2) is 0 Å². The minimum atomic E-state index is 1.04. The van der Waals surface area contributed by atoms with E-state index in [1.54, 1.807) is 0 Å². The molecule has 2 nitrogen and oxygen atoms in total. The third-order valence-electron chi connectivity index (χ3n) is 1.19. The number of rotatable bonds is 0. The Kier molecular flexibility index (Phi) is 1.65. The molecule has 0 aliphatic carbocycles. The topological polar surface area (TPSA) is 15.3 Å². The summed E-state index contributed by atoms with van der Waals surface area (Å²) >= 11 is 0. The molecular weight excluding hydrogens is 88.1 g/mol. The monoisotopic (exact) mass is 99.1 g/mol. The third-order valence-corrected chi connectivity index (χ3v) is 1.19. The van der Waals surface area contributed by atoms with E-state index in [-0.39, 0.29) is 0 Å². The van der Waals surface area contributed by atoms with Crippen molar-refractivity contribution in [2.24, 2.45) is 0 Å². The maximum Gasteiger partial charge on any atom is 0.0386 e. The Morgan fingerprint density at radius 3 is 2.86 bits per heavy atom. The van der Waals surface area contributed by atoms with Gasteiger partial charge in [0.1, 0.15) is 0 Å². The molecule has 1 rings (SSSR count). The van der Waals surface area contributed by atoms with E-state index in [0.717, 1.165) is 19.6 Å². The van der Waals surface area contributed by atoms with Crippen LogP contribution in [0.2, 0.25) is 0 Å². The van der Waals surface area contributed by atoms with Gasteiger partial charge < -0.3 is 5.32 Å². The second-order valence-electron chi connectivity index (χ2n) is 1.87. The highest BCUT2D eigenvalue weighted by molar-refractivity contribution is 4.73. The first-order valence-corrected chi connectivity index (χ1v) is 2.64. The first-order valence-electron chi connectivity index (χ1n) is 2.64. The molecule has 1 heterocycles. The van der Waals surface area contributed by atoms with Crippen molar-refractivity contribution in [3.8, 4) is 0 Å². The fourth-order valence-corrected chi connectivity index (χ4v) is 0.669. The Balaban J connectivity index is 2.12. The second kappa shape index (κ2) is 2.28. The van der Waals surface area contributed by atoms with E-state index < -0.39 is 0 Å². The van der Waals surface area contributed by atoms with Crippen LogP contribution in [0.3, 0.4) is 0 Å². The largest absolute Gasteiger partial charge is 0.314 e. The fourth-order valence-electron chi connectivity index (χ4n) is 0.669. The normalized spacial score (nSPS) is 25.3. The van der Waals surface area contributed by atoms with E-state index in [0.29, 0.717) is 0 Å². The van der Waals surface area contributed by atoms with Gasteiger partial charge in [0.15, 0.2) is 0 Å². The number of nitrogens with zero attached hydrogens (tertiary/aromatic N) is 1. The van der Waals surface area contributed by atoms with Gasteiger partial charge >= 0.3 is 0 Å². The quantitative estimate of drug-likeness (QED) is 0.448. The molecule has 0 aromatic carbocycles. The van der Waals surface area contributed by atoms with E-state index in [1.807, 2.05) is 0 Å². The van der Waals surface area contributed by atoms with Crippen molar-refractivity contribution >= 4 is 0 Å². The number of hydrogen-bond donors (Lipinski definition) is 1. The smallest absolute Gasteiger partial charge is 0.0386 e. The summed E-state index contributed by atoms with van der Waals surface area (Å²) in [5.74, 6) is 0. The highest BCUT2D eigenvalue weighted by atomic mass is 15.2. The third kappa shape index (κ3) is 1.45. The molecule has 0 aromatic heterocycles. The van der Waals surface area contributed by atoms with Gasteiger partial charge in [0.2, 0.25) is 0 Å². The zero-order valence-electron chi connectivity index (χ0n) is 4.65. The molecular formula is C5H11N2. The second-order valence-corrected chi connectivity index (χ2v) is 1.87. The average molecular weight is 99.2 g/mol. The predicted octanol–water partition coefficient (Wildman–Crippen LogP) is -0.317. The molecule has 7 heavy (non-hydrogen) atoms. The first-order chi connectivity index (χ1) is 3.39. The van der Waals surface area contributed by atoms with E-state index >= 15 is 0 Å². The summed E-state index contributed by atoms with van der Waals surface area (Å²) in [6.45, 7) is 5.48. The molecule has 0 amide bonds. The predicted molar refractivity (Wildman–Crippen MR) is 29.8 cm³/mol. The van der Waals surface area contributed by atoms with Crippen molar-refractivity contribution < 1.29 is 0 Å². The minimum Gasteiger partial charge on any atom is -0.314 e. The van der Waals surface area contributed by atoms with Crippen molar-refractivity contribution in [1.82, 2.24) is 10.2 Å². The molecule has 0 unspecified atom stereocenters. The van der Waals surface area contributed by atoms with E-state index in [9.17, 15) is 0 Å². The zero-order valence-corrected chi connectivity index (χ0v) is 4.65. The van der Waals surface area contributed by atoms with Crippen LogP contribution in [-0.2, 0) is 0 Å². The molecule has 41 valence electrons.